The highest BCUT2D eigenvalue weighted by atomic mass is 35.5. The lowest BCUT2D eigenvalue weighted by atomic mass is 10.2. The van der Waals surface area contributed by atoms with Gasteiger partial charge in [0, 0.05) is 28.8 Å². The molecule has 160 valence electrons. The van der Waals surface area contributed by atoms with E-state index in [2.05, 4.69) is 10.3 Å². The summed E-state index contributed by atoms with van der Waals surface area (Å²) in [5.41, 5.74) is 1.89. The highest BCUT2D eigenvalue weighted by Crippen LogP contribution is 2.36. The zero-order valence-corrected chi connectivity index (χ0v) is 18.4. The van der Waals surface area contributed by atoms with Crippen molar-refractivity contribution >= 4 is 57.8 Å². The molecule has 1 aromatic heterocycles. The molecule has 2 aromatic carbocycles. The summed E-state index contributed by atoms with van der Waals surface area (Å²) in [7, 11) is 0. The number of aryl methyl sites for hydroxylation is 1. The van der Waals surface area contributed by atoms with Crippen LogP contribution in [0.1, 0.15) is 11.3 Å². The van der Waals surface area contributed by atoms with Crippen molar-refractivity contribution in [1.82, 2.24) is 4.98 Å². The minimum absolute atomic E-state index is 0.0809. The number of nitro benzene ring substituents is 1. The fraction of sp³-hybridized carbons (Fsp3) is 0.150. The van der Waals surface area contributed by atoms with Crippen LogP contribution >= 0.6 is 34.5 Å². The van der Waals surface area contributed by atoms with Gasteiger partial charge in [-0.3, -0.25) is 19.7 Å². The first-order valence-corrected chi connectivity index (χ1v) is 10.5. The molecule has 1 heterocycles. The fourth-order valence-electron chi connectivity index (χ4n) is 2.64. The van der Waals surface area contributed by atoms with E-state index in [-0.39, 0.29) is 12.1 Å². The van der Waals surface area contributed by atoms with Gasteiger partial charge in [-0.15, -0.1) is 11.3 Å². The van der Waals surface area contributed by atoms with Crippen LogP contribution in [0, 0.1) is 17.0 Å². The van der Waals surface area contributed by atoms with Gasteiger partial charge in [0.1, 0.15) is 5.01 Å². The molecule has 0 unspecified atom stereocenters. The normalized spacial score (nSPS) is 10.5. The summed E-state index contributed by atoms with van der Waals surface area (Å²) >= 11 is 13.6. The molecule has 0 aliphatic rings. The van der Waals surface area contributed by atoms with Crippen molar-refractivity contribution in [2.24, 2.45) is 0 Å². The molecule has 1 N–H and O–H groups in total. The Bertz CT molecular complexity index is 1150. The van der Waals surface area contributed by atoms with Crippen LogP contribution in [0.25, 0.3) is 10.6 Å². The van der Waals surface area contributed by atoms with E-state index in [9.17, 15) is 19.7 Å². The lowest BCUT2D eigenvalue weighted by Crippen LogP contribution is -2.22. The maximum atomic E-state index is 12.1. The monoisotopic (exact) mass is 479 g/mol. The SMILES string of the molecule is Cc1cc([N+](=O)[O-])ccc1NC(=O)COC(=O)Cc1csc(-c2c(Cl)cccc2Cl)n1. The van der Waals surface area contributed by atoms with Crippen LogP contribution in [0.3, 0.4) is 0 Å². The Hall–Kier alpha value is -3.01. The molecule has 3 aromatic rings. The summed E-state index contributed by atoms with van der Waals surface area (Å²) in [5.74, 6) is -1.19. The fourth-order valence-corrected chi connectivity index (χ4v) is 4.22. The van der Waals surface area contributed by atoms with E-state index in [1.807, 2.05) is 0 Å². The van der Waals surface area contributed by atoms with Gasteiger partial charge in [0.05, 0.1) is 27.1 Å². The number of halogens is 2. The number of hydrogen-bond acceptors (Lipinski definition) is 7. The Labute approximate surface area is 190 Å². The Morgan fingerprint density at radius 1 is 1.23 bits per heavy atom. The van der Waals surface area contributed by atoms with E-state index in [1.54, 1.807) is 30.5 Å². The number of aromatic nitrogens is 1. The van der Waals surface area contributed by atoms with Gasteiger partial charge in [0.2, 0.25) is 0 Å². The number of benzene rings is 2. The van der Waals surface area contributed by atoms with Crippen LogP contribution < -0.4 is 5.32 Å². The maximum Gasteiger partial charge on any atom is 0.312 e. The maximum absolute atomic E-state index is 12.1. The summed E-state index contributed by atoms with van der Waals surface area (Å²) in [5, 5.41) is 16.5. The Morgan fingerprint density at radius 2 is 1.94 bits per heavy atom. The van der Waals surface area contributed by atoms with E-state index in [1.165, 1.54) is 29.5 Å². The number of carbonyl (C=O) groups is 2. The Balaban J connectivity index is 1.54. The molecular formula is C20H15Cl2N3O5S. The largest absolute Gasteiger partial charge is 0.455 e. The first kappa shape index (κ1) is 22.7. The highest BCUT2D eigenvalue weighted by Gasteiger charge is 2.16. The van der Waals surface area contributed by atoms with Gasteiger partial charge >= 0.3 is 5.97 Å². The van der Waals surface area contributed by atoms with Crippen molar-refractivity contribution in [2.75, 3.05) is 11.9 Å². The molecule has 31 heavy (non-hydrogen) atoms. The molecule has 0 fully saturated rings. The quantitative estimate of drug-likeness (QED) is 0.288. The second-order valence-corrected chi connectivity index (χ2v) is 8.06. The van der Waals surface area contributed by atoms with E-state index in [0.717, 1.165) is 0 Å². The topological polar surface area (TPSA) is 111 Å². The van der Waals surface area contributed by atoms with Gasteiger partial charge in [-0.25, -0.2) is 4.98 Å². The van der Waals surface area contributed by atoms with Gasteiger partial charge in [-0.1, -0.05) is 29.3 Å². The third-order valence-electron chi connectivity index (χ3n) is 4.11. The number of amides is 1. The minimum atomic E-state index is -0.627. The molecule has 3 rings (SSSR count). The van der Waals surface area contributed by atoms with Gasteiger partial charge < -0.3 is 10.1 Å². The third-order valence-corrected chi connectivity index (χ3v) is 5.65. The number of thiazole rings is 1. The number of nitro groups is 1. The molecule has 0 atom stereocenters. The molecule has 1 amide bonds. The number of esters is 1. The first-order chi connectivity index (χ1) is 14.7. The molecular weight excluding hydrogens is 465 g/mol. The van der Waals surface area contributed by atoms with E-state index in [0.29, 0.717) is 37.6 Å². The van der Waals surface area contributed by atoms with Crippen molar-refractivity contribution in [2.45, 2.75) is 13.3 Å². The number of hydrogen-bond donors (Lipinski definition) is 1. The van der Waals surface area contributed by atoms with Crippen molar-refractivity contribution < 1.29 is 19.2 Å². The lowest BCUT2D eigenvalue weighted by molar-refractivity contribution is -0.384. The second-order valence-electron chi connectivity index (χ2n) is 6.38. The van der Waals surface area contributed by atoms with Crippen molar-refractivity contribution in [1.29, 1.82) is 0 Å². The molecule has 0 saturated heterocycles. The molecule has 0 saturated carbocycles. The van der Waals surface area contributed by atoms with Gasteiger partial charge in [0.15, 0.2) is 6.61 Å². The van der Waals surface area contributed by atoms with Crippen LogP contribution in [-0.4, -0.2) is 28.4 Å². The molecule has 0 aliphatic heterocycles. The van der Waals surface area contributed by atoms with Crippen LogP contribution in [0.5, 0.6) is 0 Å². The summed E-state index contributed by atoms with van der Waals surface area (Å²) in [6, 6.07) is 9.16. The molecule has 0 bridgehead atoms. The van der Waals surface area contributed by atoms with Gasteiger partial charge in [0.25, 0.3) is 11.6 Å². The number of anilines is 1. The predicted octanol–water partition coefficient (Wildman–Crippen LogP) is 5.06. The van der Waals surface area contributed by atoms with E-state index in [4.69, 9.17) is 27.9 Å². The van der Waals surface area contributed by atoms with Crippen molar-refractivity contribution in [3.05, 3.63) is 73.2 Å². The van der Waals surface area contributed by atoms with Crippen LogP contribution in [0.2, 0.25) is 10.0 Å². The molecule has 8 nitrogen and oxygen atoms in total. The lowest BCUT2D eigenvalue weighted by Gasteiger charge is -2.08. The number of nitrogens with one attached hydrogen (secondary N) is 1. The van der Waals surface area contributed by atoms with Crippen LogP contribution in [0.4, 0.5) is 11.4 Å². The average molecular weight is 480 g/mol. The third kappa shape index (κ3) is 5.78. The molecule has 11 heteroatoms. The first-order valence-electron chi connectivity index (χ1n) is 8.84. The summed E-state index contributed by atoms with van der Waals surface area (Å²) in [4.78, 5) is 38.7. The zero-order chi connectivity index (χ0) is 22.5. The van der Waals surface area contributed by atoms with Gasteiger partial charge in [-0.2, -0.15) is 0 Å². The minimum Gasteiger partial charge on any atom is -0.455 e. The van der Waals surface area contributed by atoms with Crippen LogP contribution in [-0.2, 0) is 20.7 Å². The number of carbonyl (C=O) groups excluding carboxylic acids is 2. The zero-order valence-electron chi connectivity index (χ0n) is 16.1. The van der Waals surface area contributed by atoms with E-state index >= 15 is 0 Å². The molecule has 0 radical (unpaired) electrons. The number of nitrogens with zero attached hydrogens (tertiary/aromatic N) is 2. The summed E-state index contributed by atoms with van der Waals surface area (Å²) in [6.07, 6.45) is -0.123. The smallest absolute Gasteiger partial charge is 0.312 e. The predicted molar refractivity (Wildman–Crippen MR) is 119 cm³/mol. The Morgan fingerprint density at radius 3 is 2.58 bits per heavy atom. The van der Waals surface area contributed by atoms with Gasteiger partial charge in [-0.05, 0) is 30.7 Å². The van der Waals surface area contributed by atoms with Crippen LogP contribution in [0.15, 0.2) is 41.8 Å². The van der Waals surface area contributed by atoms with Crippen molar-refractivity contribution in [3.63, 3.8) is 0 Å². The second kappa shape index (κ2) is 9.86. The van der Waals surface area contributed by atoms with E-state index < -0.39 is 23.4 Å². The number of non-ortho nitro benzene ring substituents is 1. The average Bonchev–Trinajstić information content (AvgIpc) is 3.15. The highest BCUT2D eigenvalue weighted by molar-refractivity contribution is 7.13. The molecule has 0 aliphatic carbocycles. The molecule has 0 spiro atoms. The standard InChI is InChI=1S/C20H15Cl2N3O5S/c1-11-7-13(25(28)29)5-6-16(11)24-17(26)9-30-18(27)8-12-10-31-20(23-12)19-14(21)3-2-4-15(19)22/h2-7,10H,8-9H2,1H3,(H,24,26). The Kier molecular flexibility index (Phi) is 7.21. The summed E-state index contributed by atoms with van der Waals surface area (Å²) < 4.78 is 5.00. The number of rotatable bonds is 7. The van der Waals surface area contributed by atoms with Crippen molar-refractivity contribution in [3.8, 4) is 10.6 Å². The number of ether oxygens (including phenoxy) is 1. The summed E-state index contributed by atoms with van der Waals surface area (Å²) in [6.45, 7) is 1.13.